The van der Waals surface area contributed by atoms with Crippen LogP contribution in [0.1, 0.15) is 19.8 Å². The third kappa shape index (κ3) is 5.19. The van der Waals surface area contributed by atoms with E-state index < -0.39 is 0 Å². The predicted octanol–water partition coefficient (Wildman–Crippen LogP) is 2.79. The lowest BCUT2D eigenvalue weighted by Gasteiger charge is -2.07. The average molecular weight is 301 g/mol. The fraction of sp³-hybridized carbons (Fsp3) is 0.417. The van der Waals surface area contributed by atoms with Gasteiger partial charge >= 0.3 is 0 Å². The number of carbonyl (C=O) groups is 1. The van der Waals surface area contributed by atoms with Crippen molar-refractivity contribution in [1.82, 2.24) is 0 Å². The molecule has 0 saturated carbocycles. The molecule has 0 fully saturated rings. The monoisotopic (exact) mass is 300 g/mol. The summed E-state index contributed by atoms with van der Waals surface area (Å²) in [5.74, 6) is -0.0668. The second-order valence-corrected chi connectivity index (χ2v) is 4.50. The first kappa shape index (κ1) is 14.0. The van der Waals surface area contributed by atoms with Crippen molar-refractivity contribution in [3.05, 3.63) is 22.7 Å². The Kier molecular flexibility index (Phi) is 6.00. The largest absolute Gasteiger partial charge is 0.398 e. The number of nitrogens with one attached hydrogen (secondary N) is 1. The molecule has 0 unspecified atom stereocenters. The van der Waals surface area contributed by atoms with Crippen molar-refractivity contribution in [1.29, 1.82) is 0 Å². The van der Waals surface area contributed by atoms with E-state index in [1.54, 1.807) is 18.2 Å². The van der Waals surface area contributed by atoms with E-state index in [4.69, 9.17) is 10.5 Å². The molecule has 0 spiro atoms. The number of benzene rings is 1. The number of carbonyl (C=O) groups excluding carboxylic acids is 1. The zero-order chi connectivity index (χ0) is 12.7. The number of nitrogens with two attached hydrogens (primary N) is 1. The number of hydrogen-bond acceptors (Lipinski definition) is 3. The van der Waals surface area contributed by atoms with Gasteiger partial charge in [-0.05, 0) is 40.5 Å². The lowest BCUT2D eigenvalue weighted by molar-refractivity contribution is -0.117. The second-order valence-electron chi connectivity index (χ2n) is 3.65. The van der Waals surface area contributed by atoms with E-state index in [1.807, 2.05) is 6.92 Å². The third-order valence-corrected chi connectivity index (χ3v) is 2.82. The third-order valence-electron chi connectivity index (χ3n) is 2.10. The molecule has 0 heterocycles. The molecule has 3 N–H and O–H groups in total. The fourth-order valence-electron chi connectivity index (χ4n) is 1.26. The van der Waals surface area contributed by atoms with Gasteiger partial charge in [0.05, 0.1) is 13.0 Å². The van der Waals surface area contributed by atoms with Gasteiger partial charge in [-0.15, -0.1) is 0 Å². The molecule has 94 valence electrons. The topological polar surface area (TPSA) is 64.3 Å². The van der Waals surface area contributed by atoms with Crippen LogP contribution in [0.15, 0.2) is 22.7 Å². The van der Waals surface area contributed by atoms with Crippen LogP contribution in [-0.2, 0) is 9.53 Å². The lowest BCUT2D eigenvalue weighted by Crippen LogP contribution is -2.14. The van der Waals surface area contributed by atoms with Crippen LogP contribution < -0.4 is 11.1 Å². The minimum absolute atomic E-state index is 0.0668. The molecular weight excluding hydrogens is 284 g/mol. The van der Waals surface area contributed by atoms with E-state index in [0.717, 1.165) is 10.9 Å². The first-order valence-electron chi connectivity index (χ1n) is 5.56. The molecule has 17 heavy (non-hydrogen) atoms. The van der Waals surface area contributed by atoms with Gasteiger partial charge in [0.15, 0.2) is 0 Å². The number of ether oxygens (including phenoxy) is 1. The van der Waals surface area contributed by atoms with Crippen molar-refractivity contribution in [3.63, 3.8) is 0 Å². The Morgan fingerprint density at radius 1 is 1.47 bits per heavy atom. The Hall–Kier alpha value is -1.07. The van der Waals surface area contributed by atoms with E-state index in [-0.39, 0.29) is 5.91 Å². The quantitative estimate of drug-likeness (QED) is 0.627. The molecule has 0 aliphatic rings. The van der Waals surface area contributed by atoms with Crippen LogP contribution in [-0.4, -0.2) is 19.1 Å². The van der Waals surface area contributed by atoms with Gasteiger partial charge in [0.1, 0.15) is 0 Å². The Labute approximate surface area is 110 Å². The lowest BCUT2D eigenvalue weighted by atomic mass is 10.2. The maximum Gasteiger partial charge on any atom is 0.226 e. The van der Waals surface area contributed by atoms with Gasteiger partial charge in [-0.3, -0.25) is 4.79 Å². The van der Waals surface area contributed by atoms with E-state index in [9.17, 15) is 4.79 Å². The van der Waals surface area contributed by atoms with Gasteiger partial charge in [-0.25, -0.2) is 0 Å². The summed E-state index contributed by atoms with van der Waals surface area (Å²) in [6, 6.07) is 5.32. The molecule has 4 nitrogen and oxygen atoms in total. The van der Waals surface area contributed by atoms with Crippen molar-refractivity contribution >= 4 is 33.2 Å². The molecule has 1 aromatic carbocycles. The molecule has 0 radical (unpaired) electrons. The molecule has 0 bridgehead atoms. The van der Waals surface area contributed by atoms with Gasteiger partial charge in [-0.1, -0.05) is 6.92 Å². The van der Waals surface area contributed by atoms with Crippen molar-refractivity contribution < 1.29 is 9.53 Å². The van der Waals surface area contributed by atoms with E-state index in [0.29, 0.717) is 31.0 Å². The van der Waals surface area contributed by atoms with Gasteiger partial charge in [0.25, 0.3) is 0 Å². The highest BCUT2D eigenvalue weighted by Crippen LogP contribution is 2.22. The molecular formula is C12H17BrN2O2. The number of halogens is 1. The van der Waals surface area contributed by atoms with Crippen LogP contribution in [0.25, 0.3) is 0 Å². The van der Waals surface area contributed by atoms with Crippen LogP contribution in [0.2, 0.25) is 0 Å². The summed E-state index contributed by atoms with van der Waals surface area (Å²) in [6.45, 7) is 3.18. The molecule has 0 atom stereocenters. The Bertz CT molecular complexity index is 383. The number of rotatable bonds is 6. The highest BCUT2D eigenvalue weighted by atomic mass is 79.9. The second kappa shape index (κ2) is 7.29. The minimum atomic E-state index is -0.0668. The summed E-state index contributed by atoms with van der Waals surface area (Å²) in [6.07, 6.45) is 1.32. The van der Waals surface area contributed by atoms with Crippen molar-refractivity contribution in [2.45, 2.75) is 19.8 Å². The van der Waals surface area contributed by atoms with Crippen LogP contribution in [0.3, 0.4) is 0 Å². The number of hydrogen-bond donors (Lipinski definition) is 2. The smallest absolute Gasteiger partial charge is 0.226 e. The first-order chi connectivity index (χ1) is 8.13. The van der Waals surface area contributed by atoms with Crippen molar-refractivity contribution in [2.24, 2.45) is 0 Å². The van der Waals surface area contributed by atoms with Crippen LogP contribution in [0.4, 0.5) is 11.4 Å². The zero-order valence-electron chi connectivity index (χ0n) is 9.83. The van der Waals surface area contributed by atoms with Crippen LogP contribution in [0.5, 0.6) is 0 Å². The molecule has 5 heteroatoms. The highest BCUT2D eigenvalue weighted by Gasteiger charge is 2.03. The Morgan fingerprint density at radius 3 is 2.88 bits per heavy atom. The molecule has 0 aromatic heterocycles. The molecule has 1 amide bonds. The zero-order valence-corrected chi connectivity index (χ0v) is 11.4. The summed E-state index contributed by atoms with van der Waals surface area (Å²) in [4.78, 5) is 11.5. The van der Waals surface area contributed by atoms with Gasteiger partial charge in [0, 0.05) is 22.5 Å². The van der Waals surface area contributed by atoms with Crippen LogP contribution >= 0.6 is 15.9 Å². The number of nitrogen functional groups attached to an aromatic ring is 1. The molecule has 0 aliphatic carbocycles. The molecule has 1 aromatic rings. The van der Waals surface area contributed by atoms with E-state index in [1.165, 1.54) is 0 Å². The number of anilines is 2. The standard InChI is InChI=1S/C12H17BrN2O2/c1-2-6-17-7-5-12(16)15-9-3-4-10(13)11(14)8-9/h3-4,8H,2,5-7,14H2,1H3,(H,15,16). The van der Waals surface area contributed by atoms with Crippen LogP contribution in [0, 0.1) is 0 Å². The highest BCUT2D eigenvalue weighted by molar-refractivity contribution is 9.10. The Morgan fingerprint density at radius 2 is 2.24 bits per heavy atom. The summed E-state index contributed by atoms with van der Waals surface area (Å²) in [7, 11) is 0. The summed E-state index contributed by atoms with van der Waals surface area (Å²) in [5, 5.41) is 2.77. The SMILES string of the molecule is CCCOCCC(=O)Nc1ccc(Br)c(N)c1. The van der Waals surface area contributed by atoms with Gasteiger partial charge in [-0.2, -0.15) is 0 Å². The minimum Gasteiger partial charge on any atom is -0.398 e. The molecule has 0 aliphatic heterocycles. The average Bonchev–Trinajstić information content (AvgIpc) is 2.30. The normalized spacial score (nSPS) is 10.2. The molecule has 1 rings (SSSR count). The van der Waals surface area contributed by atoms with Gasteiger partial charge < -0.3 is 15.8 Å². The summed E-state index contributed by atoms with van der Waals surface area (Å²) >= 11 is 3.30. The maximum absolute atomic E-state index is 11.5. The summed E-state index contributed by atoms with van der Waals surface area (Å²) in [5.41, 5.74) is 7.02. The number of amides is 1. The Balaban J connectivity index is 2.37. The van der Waals surface area contributed by atoms with Gasteiger partial charge in [0.2, 0.25) is 5.91 Å². The first-order valence-corrected chi connectivity index (χ1v) is 6.35. The van der Waals surface area contributed by atoms with Crippen molar-refractivity contribution in [3.8, 4) is 0 Å². The van der Waals surface area contributed by atoms with Crippen molar-refractivity contribution in [2.75, 3.05) is 24.3 Å². The van der Waals surface area contributed by atoms with E-state index in [2.05, 4.69) is 21.2 Å². The fourth-order valence-corrected chi connectivity index (χ4v) is 1.50. The predicted molar refractivity (Wildman–Crippen MR) is 72.9 cm³/mol. The maximum atomic E-state index is 11.5. The van der Waals surface area contributed by atoms with E-state index >= 15 is 0 Å². The molecule has 0 saturated heterocycles. The summed E-state index contributed by atoms with van der Waals surface area (Å²) < 4.78 is 6.06.